The molecule has 110 valence electrons. The maximum absolute atomic E-state index is 12.1. The Morgan fingerprint density at radius 3 is 2.71 bits per heavy atom. The second kappa shape index (κ2) is 5.46. The minimum atomic E-state index is -3.13. The number of benzene rings is 2. The lowest BCUT2D eigenvalue weighted by atomic mass is 10.0. The average Bonchev–Trinajstić information content (AvgIpc) is 2.46. The van der Waals surface area contributed by atoms with Gasteiger partial charge in [0.1, 0.15) is 0 Å². The minimum Gasteiger partial charge on any atom is -0.378 e. The lowest BCUT2D eigenvalue weighted by Crippen LogP contribution is -2.24. The highest BCUT2D eigenvalue weighted by atomic mass is 79.9. The molecule has 0 bridgehead atoms. The molecule has 0 saturated carbocycles. The summed E-state index contributed by atoms with van der Waals surface area (Å²) < 4.78 is 25.3. The van der Waals surface area contributed by atoms with Crippen LogP contribution in [0.25, 0.3) is 0 Å². The van der Waals surface area contributed by atoms with Crippen molar-refractivity contribution >= 4 is 31.5 Å². The van der Waals surface area contributed by atoms with Crippen molar-refractivity contribution in [1.82, 2.24) is 0 Å². The predicted octanol–water partition coefficient (Wildman–Crippen LogP) is 4.09. The molecule has 3 nitrogen and oxygen atoms in total. The molecule has 2 aromatic carbocycles. The number of nitrogens with one attached hydrogen (secondary N) is 1. The number of anilines is 1. The molecule has 0 aromatic heterocycles. The van der Waals surface area contributed by atoms with Gasteiger partial charge in [-0.15, -0.1) is 0 Å². The first kappa shape index (κ1) is 14.6. The van der Waals surface area contributed by atoms with Crippen LogP contribution >= 0.6 is 15.9 Å². The van der Waals surface area contributed by atoms with Gasteiger partial charge in [0.25, 0.3) is 0 Å². The third-order valence-corrected chi connectivity index (χ3v) is 6.49. The highest BCUT2D eigenvalue weighted by Gasteiger charge is 2.29. The van der Waals surface area contributed by atoms with Gasteiger partial charge in [-0.2, -0.15) is 0 Å². The molecule has 1 atom stereocenters. The molecular formula is C16H16BrNO2S. The maximum Gasteiger partial charge on any atom is 0.178 e. The zero-order valence-electron chi connectivity index (χ0n) is 11.6. The first-order valence-corrected chi connectivity index (χ1v) is 9.26. The number of halogens is 1. The van der Waals surface area contributed by atoms with Gasteiger partial charge in [0.15, 0.2) is 9.84 Å². The van der Waals surface area contributed by atoms with Crippen LogP contribution in [-0.2, 0) is 9.84 Å². The Kier molecular flexibility index (Phi) is 3.80. The van der Waals surface area contributed by atoms with Crippen molar-refractivity contribution < 1.29 is 8.42 Å². The predicted molar refractivity (Wildman–Crippen MR) is 88.4 cm³/mol. The van der Waals surface area contributed by atoms with E-state index in [2.05, 4.69) is 21.2 Å². The minimum absolute atomic E-state index is 0.0272. The van der Waals surface area contributed by atoms with E-state index in [4.69, 9.17) is 0 Å². The molecular weight excluding hydrogens is 350 g/mol. The van der Waals surface area contributed by atoms with Gasteiger partial charge in [0.2, 0.25) is 0 Å². The molecule has 1 unspecified atom stereocenters. The zero-order valence-corrected chi connectivity index (χ0v) is 14.0. The number of rotatable bonds is 2. The van der Waals surface area contributed by atoms with E-state index >= 15 is 0 Å². The van der Waals surface area contributed by atoms with E-state index in [0.29, 0.717) is 11.3 Å². The molecule has 0 saturated heterocycles. The Hall–Kier alpha value is -1.33. The van der Waals surface area contributed by atoms with Crippen LogP contribution in [0.5, 0.6) is 0 Å². The highest BCUT2D eigenvalue weighted by molar-refractivity contribution is 9.10. The van der Waals surface area contributed by atoms with Gasteiger partial charge in [-0.3, -0.25) is 0 Å². The third-order valence-electron chi connectivity index (χ3n) is 3.82. The van der Waals surface area contributed by atoms with Crippen molar-refractivity contribution in [1.29, 1.82) is 0 Å². The second-order valence-corrected chi connectivity index (χ2v) is 8.24. The van der Waals surface area contributed by atoms with Gasteiger partial charge < -0.3 is 5.32 Å². The van der Waals surface area contributed by atoms with Crippen LogP contribution < -0.4 is 5.32 Å². The molecule has 0 aliphatic carbocycles. The fraction of sp³-hybridized carbons (Fsp3) is 0.250. The Morgan fingerprint density at radius 2 is 1.95 bits per heavy atom. The monoisotopic (exact) mass is 365 g/mol. The topological polar surface area (TPSA) is 46.2 Å². The van der Waals surface area contributed by atoms with Gasteiger partial charge >= 0.3 is 0 Å². The summed E-state index contributed by atoms with van der Waals surface area (Å²) in [6.45, 7) is 2.04. The summed E-state index contributed by atoms with van der Waals surface area (Å²) in [5, 5.41) is 3.45. The fourth-order valence-corrected chi connectivity index (χ4v) is 4.62. The number of fused-ring (bicyclic) bond motifs is 1. The first-order chi connectivity index (χ1) is 9.97. The summed E-state index contributed by atoms with van der Waals surface area (Å²) in [6, 6.07) is 13.4. The van der Waals surface area contributed by atoms with Crippen LogP contribution in [-0.4, -0.2) is 14.2 Å². The molecule has 1 aliphatic rings. The van der Waals surface area contributed by atoms with Crippen LogP contribution in [0.1, 0.15) is 23.6 Å². The molecule has 1 aliphatic heterocycles. The van der Waals surface area contributed by atoms with Crippen LogP contribution in [0, 0.1) is 6.92 Å². The van der Waals surface area contributed by atoms with Crippen LogP contribution in [0.3, 0.4) is 0 Å². The van der Waals surface area contributed by atoms with Crippen molar-refractivity contribution in [3.63, 3.8) is 0 Å². The lowest BCUT2D eigenvalue weighted by Gasteiger charge is -2.27. The zero-order chi connectivity index (χ0) is 15.0. The number of hydrogen-bond donors (Lipinski definition) is 1. The fourth-order valence-electron chi connectivity index (χ4n) is 2.62. The Balaban J connectivity index is 1.95. The number of hydrogen-bond acceptors (Lipinski definition) is 3. The second-order valence-electron chi connectivity index (χ2n) is 5.31. The Bertz CT molecular complexity index is 787. The van der Waals surface area contributed by atoms with E-state index < -0.39 is 9.84 Å². The van der Waals surface area contributed by atoms with E-state index in [0.717, 1.165) is 15.7 Å². The van der Waals surface area contributed by atoms with Crippen LogP contribution in [0.2, 0.25) is 0 Å². The van der Waals surface area contributed by atoms with Crippen molar-refractivity contribution in [2.24, 2.45) is 0 Å². The van der Waals surface area contributed by atoms with Gasteiger partial charge in [-0.25, -0.2) is 8.42 Å². The molecule has 2 aromatic rings. The van der Waals surface area contributed by atoms with E-state index in [1.807, 2.05) is 37.3 Å². The van der Waals surface area contributed by atoms with Crippen LogP contribution in [0.4, 0.5) is 5.69 Å². The van der Waals surface area contributed by atoms with Gasteiger partial charge in [-0.05, 0) is 42.7 Å². The molecule has 1 heterocycles. The lowest BCUT2D eigenvalue weighted by molar-refractivity contribution is 0.576. The maximum atomic E-state index is 12.1. The largest absolute Gasteiger partial charge is 0.378 e. The summed E-state index contributed by atoms with van der Waals surface area (Å²) in [4.78, 5) is 0.458. The molecule has 0 amide bonds. The van der Waals surface area contributed by atoms with E-state index in [1.54, 1.807) is 12.1 Å². The standard InChI is InChI=1S/C16H16BrNO2S/c1-11-6-7-12(10-14(11)17)18-15-8-9-21(19,20)16-5-3-2-4-13(15)16/h2-7,10,15,18H,8-9H2,1H3. The SMILES string of the molecule is Cc1ccc(NC2CCS(=O)(=O)c3ccccc32)cc1Br. The number of sulfone groups is 1. The summed E-state index contributed by atoms with van der Waals surface area (Å²) in [7, 11) is -3.13. The third kappa shape index (κ3) is 2.85. The van der Waals surface area contributed by atoms with Gasteiger partial charge in [-0.1, -0.05) is 40.2 Å². The van der Waals surface area contributed by atoms with Crippen molar-refractivity contribution in [3.8, 4) is 0 Å². The Morgan fingerprint density at radius 1 is 1.19 bits per heavy atom. The van der Waals surface area contributed by atoms with Crippen molar-refractivity contribution in [2.45, 2.75) is 24.3 Å². The normalized spacial score (nSPS) is 19.8. The van der Waals surface area contributed by atoms with Gasteiger partial charge in [0, 0.05) is 10.2 Å². The summed E-state index contributed by atoms with van der Waals surface area (Å²) >= 11 is 3.52. The average molecular weight is 366 g/mol. The smallest absolute Gasteiger partial charge is 0.178 e. The van der Waals surface area contributed by atoms with Crippen molar-refractivity contribution in [2.75, 3.05) is 11.1 Å². The number of aryl methyl sites for hydroxylation is 1. The Labute approximate surface area is 133 Å². The van der Waals surface area contributed by atoms with E-state index in [9.17, 15) is 8.42 Å². The van der Waals surface area contributed by atoms with Gasteiger partial charge in [0.05, 0.1) is 16.7 Å². The molecule has 21 heavy (non-hydrogen) atoms. The molecule has 0 radical (unpaired) electrons. The summed E-state index contributed by atoms with van der Waals surface area (Å²) in [5.74, 6) is 0.189. The van der Waals surface area contributed by atoms with E-state index in [1.165, 1.54) is 5.56 Å². The molecule has 5 heteroatoms. The first-order valence-electron chi connectivity index (χ1n) is 6.82. The molecule has 0 spiro atoms. The quantitative estimate of drug-likeness (QED) is 0.871. The summed E-state index contributed by atoms with van der Waals surface area (Å²) in [6.07, 6.45) is 0.588. The molecule has 1 N–H and O–H groups in total. The highest BCUT2D eigenvalue weighted by Crippen LogP contribution is 2.34. The summed E-state index contributed by atoms with van der Waals surface area (Å²) in [5.41, 5.74) is 3.03. The van der Waals surface area contributed by atoms with E-state index in [-0.39, 0.29) is 11.8 Å². The van der Waals surface area contributed by atoms with Crippen molar-refractivity contribution in [3.05, 3.63) is 58.1 Å². The molecule has 0 fully saturated rings. The van der Waals surface area contributed by atoms with Crippen LogP contribution in [0.15, 0.2) is 51.8 Å². The molecule has 3 rings (SSSR count).